The van der Waals surface area contributed by atoms with E-state index in [1.54, 1.807) is 31.3 Å². The smallest absolute Gasteiger partial charge is 0.269 e. The Morgan fingerprint density at radius 3 is 2.63 bits per heavy atom. The maximum absolute atomic E-state index is 12.9. The van der Waals surface area contributed by atoms with Crippen LogP contribution in [0.1, 0.15) is 32.1 Å². The molecule has 4 rings (SSSR count). The fourth-order valence-electron chi connectivity index (χ4n) is 3.27. The van der Waals surface area contributed by atoms with Crippen LogP contribution in [0.3, 0.4) is 0 Å². The molecule has 0 saturated carbocycles. The van der Waals surface area contributed by atoms with E-state index in [0.29, 0.717) is 15.6 Å². The molecule has 7 nitrogen and oxygen atoms in total. The van der Waals surface area contributed by atoms with Crippen molar-refractivity contribution in [2.45, 2.75) is 18.7 Å². The molecule has 0 fully saturated rings. The molecule has 27 heavy (non-hydrogen) atoms. The molecule has 3 aromatic rings. The number of nitrogens with zero attached hydrogens (tertiary/aromatic N) is 3. The molecule has 0 unspecified atom stereocenters. The Hall–Kier alpha value is -2.78. The summed E-state index contributed by atoms with van der Waals surface area (Å²) in [6.07, 6.45) is 1.67. The molecule has 0 atom stereocenters. The van der Waals surface area contributed by atoms with Crippen LogP contribution in [0.4, 0.5) is 0 Å². The summed E-state index contributed by atoms with van der Waals surface area (Å²) in [7, 11) is -4.01. The Morgan fingerprint density at radius 2 is 1.96 bits per heavy atom. The molecular weight excluding hydrogens is 386 g/mol. The zero-order chi connectivity index (χ0) is 19.3. The molecule has 1 aromatic carbocycles. The monoisotopic (exact) mass is 401 g/mol. The van der Waals surface area contributed by atoms with Gasteiger partial charge in [-0.1, -0.05) is 12.1 Å². The molecule has 3 heterocycles. The fraction of sp³-hybridized carbons (Fsp3) is 0.167. The van der Waals surface area contributed by atoms with Crippen LogP contribution in [0.2, 0.25) is 0 Å². The molecule has 9 heteroatoms. The number of benzene rings is 1. The van der Waals surface area contributed by atoms with Crippen LogP contribution in [0.15, 0.2) is 46.8 Å². The highest BCUT2D eigenvalue weighted by Crippen LogP contribution is 2.30. The van der Waals surface area contributed by atoms with E-state index in [-0.39, 0.29) is 10.5 Å². The van der Waals surface area contributed by atoms with E-state index in [2.05, 4.69) is 4.98 Å². The van der Waals surface area contributed by atoms with Gasteiger partial charge in [-0.2, -0.15) is 0 Å². The van der Waals surface area contributed by atoms with Crippen molar-refractivity contribution in [2.24, 2.45) is 0 Å². The highest BCUT2D eigenvalue weighted by molar-refractivity contribution is 7.90. The van der Waals surface area contributed by atoms with Gasteiger partial charge in [-0.3, -0.25) is 14.2 Å². The van der Waals surface area contributed by atoms with E-state index in [1.165, 1.54) is 23.5 Å². The number of Topliss-reactive ketones (excluding diaryl/α,β-unsaturated/α-hetero) is 1. The minimum atomic E-state index is -4.01. The first-order valence-electron chi connectivity index (χ1n) is 8.10. The summed E-state index contributed by atoms with van der Waals surface area (Å²) in [6.45, 7) is 3.09. The number of amides is 1. The van der Waals surface area contributed by atoms with Crippen molar-refractivity contribution in [2.75, 3.05) is 6.54 Å². The summed E-state index contributed by atoms with van der Waals surface area (Å²) in [5.41, 5.74) is 1.94. The Kier molecular flexibility index (Phi) is 4.01. The van der Waals surface area contributed by atoms with Crippen molar-refractivity contribution in [3.63, 3.8) is 0 Å². The predicted molar refractivity (Wildman–Crippen MR) is 99.9 cm³/mol. The van der Waals surface area contributed by atoms with Crippen LogP contribution in [0.5, 0.6) is 0 Å². The molecule has 138 valence electrons. The summed E-state index contributed by atoms with van der Waals surface area (Å²) in [4.78, 5) is 29.6. The van der Waals surface area contributed by atoms with Crippen LogP contribution >= 0.6 is 11.3 Å². The van der Waals surface area contributed by atoms with Gasteiger partial charge in [0.1, 0.15) is 11.4 Å². The minimum absolute atomic E-state index is 0.0592. The fourth-order valence-corrected chi connectivity index (χ4v) is 5.55. The number of hydrogen-bond acceptors (Lipinski definition) is 6. The van der Waals surface area contributed by atoms with E-state index in [4.69, 9.17) is 0 Å². The number of carbonyl (C=O) groups excluding carboxylic acids is 2. The average Bonchev–Trinajstić information content (AvgIpc) is 3.30. The molecule has 0 N–H and O–H groups in total. The molecule has 0 spiro atoms. The van der Waals surface area contributed by atoms with E-state index in [1.807, 2.05) is 16.9 Å². The van der Waals surface area contributed by atoms with Crippen LogP contribution in [-0.4, -0.2) is 40.5 Å². The number of aromatic nitrogens is 2. The number of sulfonamides is 1. The van der Waals surface area contributed by atoms with Gasteiger partial charge in [-0.25, -0.2) is 17.7 Å². The van der Waals surface area contributed by atoms with Gasteiger partial charge < -0.3 is 0 Å². The van der Waals surface area contributed by atoms with Gasteiger partial charge in [-0.05, 0) is 32.0 Å². The third kappa shape index (κ3) is 2.62. The van der Waals surface area contributed by atoms with Crippen molar-refractivity contribution in [1.82, 2.24) is 13.9 Å². The predicted octanol–water partition coefficient (Wildman–Crippen LogP) is 2.58. The molecule has 0 aliphatic carbocycles. The second kappa shape index (κ2) is 6.14. The molecular formula is C18H15N3O4S2. The van der Waals surface area contributed by atoms with Gasteiger partial charge >= 0.3 is 0 Å². The first kappa shape index (κ1) is 17.6. The molecule has 0 bridgehead atoms. The quantitative estimate of drug-likeness (QED) is 0.627. The Bertz CT molecular complexity index is 1180. The summed E-state index contributed by atoms with van der Waals surface area (Å²) in [6, 6.07) is 7.67. The standard InChI is InChI=1S/C18H15N3O4S2/c1-11-9-14(12(2)21(11)18-19-7-8-26-18)15(22)10-20-17(23)13-5-3-4-6-16(13)27(20,24)25/h3-9H,10H2,1-2H3. The number of ketones is 1. The third-order valence-corrected chi connectivity index (χ3v) is 7.08. The van der Waals surface area contributed by atoms with Crippen molar-refractivity contribution in [3.05, 3.63) is 64.4 Å². The molecule has 0 radical (unpaired) electrons. The average molecular weight is 401 g/mol. The van der Waals surface area contributed by atoms with Gasteiger partial charge in [-0.15, -0.1) is 11.3 Å². The molecule has 0 saturated heterocycles. The highest BCUT2D eigenvalue weighted by atomic mass is 32.2. The van der Waals surface area contributed by atoms with Crippen LogP contribution in [-0.2, 0) is 10.0 Å². The van der Waals surface area contributed by atoms with Gasteiger partial charge in [0.15, 0.2) is 10.9 Å². The summed E-state index contributed by atoms with van der Waals surface area (Å²) in [5.74, 6) is -1.11. The van der Waals surface area contributed by atoms with Gasteiger partial charge in [0, 0.05) is 28.5 Å². The highest BCUT2D eigenvalue weighted by Gasteiger charge is 2.42. The maximum Gasteiger partial charge on any atom is 0.269 e. The van der Waals surface area contributed by atoms with Gasteiger partial charge in [0.25, 0.3) is 15.9 Å². The SMILES string of the molecule is Cc1cc(C(=O)CN2C(=O)c3ccccc3S2(=O)=O)c(C)n1-c1nccs1. The molecule has 1 aliphatic rings. The number of aryl methyl sites for hydroxylation is 1. The van der Waals surface area contributed by atoms with E-state index < -0.39 is 28.3 Å². The van der Waals surface area contributed by atoms with Crippen molar-refractivity contribution >= 4 is 33.1 Å². The maximum atomic E-state index is 12.9. The molecule has 1 aliphatic heterocycles. The second-order valence-corrected chi connectivity index (χ2v) is 8.87. The zero-order valence-corrected chi connectivity index (χ0v) is 16.2. The largest absolute Gasteiger partial charge is 0.294 e. The number of thiazole rings is 1. The van der Waals surface area contributed by atoms with Crippen molar-refractivity contribution in [3.8, 4) is 5.13 Å². The van der Waals surface area contributed by atoms with Crippen LogP contribution < -0.4 is 0 Å². The van der Waals surface area contributed by atoms with Crippen molar-refractivity contribution in [1.29, 1.82) is 0 Å². The number of hydrogen-bond donors (Lipinski definition) is 0. The lowest BCUT2D eigenvalue weighted by atomic mass is 10.1. The minimum Gasteiger partial charge on any atom is -0.294 e. The number of carbonyl (C=O) groups is 2. The lowest BCUT2D eigenvalue weighted by molar-refractivity contribution is 0.0820. The molecule has 1 amide bonds. The lowest BCUT2D eigenvalue weighted by Crippen LogP contribution is -2.35. The summed E-state index contributed by atoms with van der Waals surface area (Å²) in [5, 5.41) is 2.56. The Morgan fingerprint density at radius 1 is 1.22 bits per heavy atom. The van der Waals surface area contributed by atoms with Gasteiger partial charge in [0.05, 0.1) is 5.56 Å². The lowest BCUT2D eigenvalue weighted by Gasteiger charge is -2.14. The van der Waals surface area contributed by atoms with E-state index in [0.717, 1.165) is 10.8 Å². The van der Waals surface area contributed by atoms with Crippen LogP contribution in [0, 0.1) is 13.8 Å². The van der Waals surface area contributed by atoms with Gasteiger partial charge in [0.2, 0.25) is 0 Å². The normalized spacial score (nSPS) is 15.2. The summed E-state index contributed by atoms with van der Waals surface area (Å²) < 4.78 is 27.8. The first-order valence-corrected chi connectivity index (χ1v) is 10.4. The van der Waals surface area contributed by atoms with E-state index in [9.17, 15) is 18.0 Å². The van der Waals surface area contributed by atoms with E-state index >= 15 is 0 Å². The number of rotatable bonds is 4. The van der Waals surface area contributed by atoms with Crippen molar-refractivity contribution < 1.29 is 18.0 Å². The topological polar surface area (TPSA) is 89.3 Å². The molecule has 2 aromatic heterocycles. The third-order valence-electron chi connectivity index (χ3n) is 4.54. The summed E-state index contributed by atoms with van der Waals surface area (Å²) >= 11 is 1.43. The second-order valence-electron chi connectivity index (χ2n) is 6.17. The Labute approximate surface area is 159 Å². The first-order chi connectivity index (χ1) is 12.8. The zero-order valence-electron chi connectivity index (χ0n) is 14.5. The number of fused-ring (bicyclic) bond motifs is 1. The Balaban J connectivity index is 1.69. The van der Waals surface area contributed by atoms with Crippen LogP contribution in [0.25, 0.3) is 5.13 Å².